The average molecular weight is 346 g/mol. The van der Waals surface area contributed by atoms with E-state index in [2.05, 4.69) is 0 Å². The predicted octanol–water partition coefficient (Wildman–Crippen LogP) is -4.58. The first kappa shape index (κ1) is 17.2. The Morgan fingerprint density at radius 2 is 1.96 bits per heavy atom. The van der Waals surface area contributed by atoms with Crippen LogP contribution in [0.25, 0.3) is 0 Å². The van der Waals surface area contributed by atoms with E-state index in [0.717, 1.165) is 16.8 Å². The van der Waals surface area contributed by atoms with Crippen molar-refractivity contribution in [2.24, 2.45) is 0 Å². The molecular weight excluding hydrogens is 328 g/mol. The van der Waals surface area contributed by atoms with Gasteiger partial charge in [-0.1, -0.05) is 0 Å². The second-order valence-electron chi connectivity index (χ2n) is 5.82. The third-order valence-corrected chi connectivity index (χ3v) is 4.41. The monoisotopic (exact) mass is 346 g/mol. The summed E-state index contributed by atoms with van der Waals surface area (Å²) in [7, 11) is 0. The Kier molecular flexibility index (Phi) is 4.34. The van der Waals surface area contributed by atoms with Gasteiger partial charge >= 0.3 is 5.69 Å². The topological polar surface area (TPSA) is 174 Å². The fourth-order valence-corrected chi connectivity index (χ4v) is 3.20. The van der Waals surface area contributed by atoms with E-state index in [4.69, 9.17) is 9.47 Å². The molecule has 0 spiro atoms. The Morgan fingerprint density at radius 3 is 2.46 bits per heavy atom. The Labute approximate surface area is 134 Å². The molecule has 24 heavy (non-hydrogen) atoms. The van der Waals surface area contributed by atoms with Crippen molar-refractivity contribution in [1.29, 1.82) is 0 Å². The largest absolute Gasteiger partial charge is 0.394 e. The van der Waals surface area contributed by atoms with Crippen molar-refractivity contribution in [3.63, 3.8) is 0 Å². The van der Waals surface area contributed by atoms with Crippen molar-refractivity contribution in [3.8, 4) is 0 Å². The van der Waals surface area contributed by atoms with E-state index in [1.165, 1.54) is 0 Å². The van der Waals surface area contributed by atoms with Gasteiger partial charge in [0, 0.05) is 12.3 Å². The number of rotatable bonds is 3. The number of ether oxygens (including phenoxy) is 2. The van der Waals surface area contributed by atoms with E-state index in [-0.39, 0.29) is 6.61 Å². The smallest absolute Gasteiger partial charge is 0.330 e. The van der Waals surface area contributed by atoms with Gasteiger partial charge in [-0.2, -0.15) is 0 Å². The fraction of sp³-hybridized carbons (Fsp3) is 0.692. The van der Waals surface area contributed by atoms with Crippen molar-refractivity contribution >= 4 is 0 Å². The van der Waals surface area contributed by atoms with Crippen LogP contribution in [-0.2, 0) is 15.2 Å². The lowest BCUT2D eigenvalue weighted by atomic mass is 9.92. The van der Waals surface area contributed by atoms with Gasteiger partial charge in [0.2, 0.25) is 5.72 Å². The lowest BCUT2D eigenvalue weighted by Gasteiger charge is -2.39. The van der Waals surface area contributed by atoms with Crippen LogP contribution >= 0.6 is 0 Å². The summed E-state index contributed by atoms with van der Waals surface area (Å²) >= 11 is 0. The van der Waals surface area contributed by atoms with E-state index in [1.54, 1.807) is 0 Å². The molecule has 2 fully saturated rings. The molecule has 2 saturated heterocycles. The van der Waals surface area contributed by atoms with Crippen molar-refractivity contribution < 1.29 is 35.0 Å². The van der Waals surface area contributed by atoms with Crippen molar-refractivity contribution in [2.75, 3.05) is 13.2 Å². The molecule has 11 nitrogen and oxygen atoms in total. The van der Waals surface area contributed by atoms with E-state index >= 15 is 0 Å². The van der Waals surface area contributed by atoms with Crippen LogP contribution in [0.2, 0.25) is 0 Å². The van der Waals surface area contributed by atoms with Crippen LogP contribution in [0.4, 0.5) is 0 Å². The zero-order valence-electron chi connectivity index (χ0n) is 12.3. The van der Waals surface area contributed by atoms with Gasteiger partial charge in [0.1, 0.15) is 36.6 Å². The molecule has 1 aromatic rings. The number of hydrogen-bond donors (Lipinski definition) is 6. The van der Waals surface area contributed by atoms with Gasteiger partial charge in [0.25, 0.3) is 5.56 Å². The molecule has 0 radical (unpaired) electrons. The Balaban J connectivity index is 2.19. The van der Waals surface area contributed by atoms with Gasteiger partial charge in [0.05, 0.1) is 13.2 Å². The van der Waals surface area contributed by atoms with E-state index in [1.807, 2.05) is 4.98 Å². The number of aliphatic hydroxyl groups is 5. The highest BCUT2D eigenvalue weighted by atomic mass is 16.6. The summed E-state index contributed by atoms with van der Waals surface area (Å²) in [6.07, 6.45) is -7.91. The van der Waals surface area contributed by atoms with Gasteiger partial charge in [-0.25, -0.2) is 4.79 Å². The van der Waals surface area contributed by atoms with Crippen LogP contribution in [0.5, 0.6) is 0 Å². The molecular formula is C13H18N2O9. The highest BCUT2D eigenvalue weighted by Gasteiger charge is 2.64. The molecule has 6 N–H and O–H groups in total. The Bertz CT molecular complexity index is 718. The molecule has 0 amide bonds. The number of nitrogens with zero attached hydrogens (tertiary/aromatic N) is 1. The van der Waals surface area contributed by atoms with Gasteiger partial charge in [-0.3, -0.25) is 14.3 Å². The molecule has 134 valence electrons. The third-order valence-electron chi connectivity index (χ3n) is 4.41. The lowest BCUT2D eigenvalue weighted by Crippen LogP contribution is -2.61. The number of aromatic nitrogens is 2. The third kappa shape index (κ3) is 2.33. The summed E-state index contributed by atoms with van der Waals surface area (Å²) in [4.78, 5) is 25.5. The summed E-state index contributed by atoms with van der Waals surface area (Å²) in [5.41, 5.74) is -3.83. The second kappa shape index (κ2) is 6.04. The number of hydrogen-bond acceptors (Lipinski definition) is 9. The summed E-state index contributed by atoms with van der Waals surface area (Å²) in [6, 6.07) is 0.982. The quantitative estimate of drug-likeness (QED) is 0.315. The minimum absolute atomic E-state index is 0.290. The maximum atomic E-state index is 12.2. The number of H-pyrrole nitrogens is 1. The molecule has 3 heterocycles. The summed E-state index contributed by atoms with van der Waals surface area (Å²) in [6.45, 7) is -0.967. The average Bonchev–Trinajstić information content (AvgIpc) is 3.00. The number of aliphatic hydroxyl groups excluding tert-OH is 5. The summed E-state index contributed by atoms with van der Waals surface area (Å²) in [5.74, 6) is 0. The summed E-state index contributed by atoms with van der Waals surface area (Å²) in [5, 5.41) is 49.8. The van der Waals surface area contributed by atoms with Gasteiger partial charge in [-0.15, -0.1) is 0 Å². The number of nitrogens with one attached hydrogen (secondary N) is 1. The van der Waals surface area contributed by atoms with Crippen LogP contribution in [0, 0.1) is 0 Å². The molecule has 3 rings (SSSR count). The first-order valence-corrected chi connectivity index (χ1v) is 7.28. The van der Waals surface area contributed by atoms with Crippen LogP contribution in [0.1, 0.15) is 0 Å². The maximum Gasteiger partial charge on any atom is 0.330 e. The first-order valence-electron chi connectivity index (χ1n) is 7.28. The molecule has 7 atom stereocenters. The Hall–Kier alpha value is -1.60. The van der Waals surface area contributed by atoms with E-state index < -0.39 is 60.2 Å². The van der Waals surface area contributed by atoms with Crippen LogP contribution in [0.15, 0.2) is 21.9 Å². The lowest BCUT2D eigenvalue weighted by molar-refractivity contribution is -0.228. The number of aromatic amines is 1. The van der Waals surface area contributed by atoms with Gasteiger partial charge in [0.15, 0.2) is 0 Å². The van der Waals surface area contributed by atoms with Crippen molar-refractivity contribution in [2.45, 2.75) is 42.3 Å². The second-order valence-corrected chi connectivity index (χ2v) is 5.82. The van der Waals surface area contributed by atoms with Crippen molar-refractivity contribution in [3.05, 3.63) is 33.1 Å². The normalized spacial score (nSPS) is 42.5. The molecule has 11 heteroatoms. The maximum absolute atomic E-state index is 12.2. The van der Waals surface area contributed by atoms with Crippen LogP contribution in [-0.4, -0.2) is 84.9 Å². The molecule has 0 unspecified atom stereocenters. The highest BCUT2D eigenvalue weighted by Crippen LogP contribution is 2.42. The SMILES string of the molecule is O=c1ccn([C@]2([C@@H]3OC[C@H](O)[C@H]3O)O[C@H](CO)[C@@H](O)[C@H]2O)c(=O)[nH]1. The van der Waals surface area contributed by atoms with Crippen LogP contribution < -0.4 is 11.2 Å². The first-order chi connectivity index (χ1) is 11.3. The highest BCUT2D eigenvalue weighted by molar-refractivity contribution is 5.09. The predicted molar refractivity (Wildman–Crippen MR) is 75.0 cm³/mol. The van der Waals surface area contributed by atoms with Gasteiger partial charge in [-0.05, 0) is 0 Å². The standard InChI is InChI=1S/C13H18N2O9/c16-3-6-9(20)10(21)13(24-6,11-8(19)5(17)4-23-11)15-2-1-7(18)14-12(15)22/h1-2,5-6,8-11,16-17,19-21H,3-4H2,(H,14,18,22)/t5-,6+,8+,9+,10+,11+,13-/m0/s1. The van der Waals surface area contributed by atoms with E-state index in [9.17, 15) is 35.1 Å². The molecule has 0 bridgehead atoms. The van der Waals surface area contributed by atoms with Crippen molar-refractivity contribution in [1.82, 2.24) is 9.55 Å². The fourth-order valence-electron chi connectivity index (χ4n) is 3.20. The zero-order valence-corrected chi connectivity index (χ0v) is 12.3. The molecule has 2 aliphatic heterocycles. The van der Waals surface area contributed by atoms with Crippen LogP contribution in [0.3, 0.4) is 0 Å². The minimum atomic E-state index is -2.15. The zero-order chi connectivity index (χ0) is 17.6. The summed E-state index contributed by atoms with van der Waals surface area (Å²) < 4.78 is 11.6. The molecule has 0 aromatic carbocycles. The molecule has 1 aromatic heterocycles. The minimum Gasteiger partial charge on any atom is -0.394 e. The van der Waals surface area contributed by atoms with E-state index in [0.29, 0.717) is 0 Å². The molecule has 2 aliphatic rings. The Morgan fingerprint density at radius 1 is 1.25 bits per heavy atom. The molecule has 0 aliphatic carbocycles. The van der Waals surface area contributed by atoms with Gasteiger partial charge < -0.3 is 35.0 Å². The molecule has 0 saturated carbocycles.